The number of aromatic amines is 1. The third-order valence-electron chi connectivity index (χ3n) is 3.72. The first-order valence-electron chi connectivity index (χ1n) is 7.70. The van der Waals surface area contributed by atoms with E-state index in [1.165, 1.54) is 30.8 Å². The Morgan fingerprint density at radius 1 is 1.48 bits per heavy atom. The number of nitrogens with one attached hydrogen (secondary N) is 2. The maximum atomic E-state index is 14.0. The van der Waals surface area contributed by atoms with E-state index in [0.717, 1.165) is 12.3 Å². The van der Waals surface area contributed by atoms with Crippen LogP contribution in [0.4, 0.5) is 10.1 Å². The highest BCUT2D eigenvalue weighted by Crippen LogP contribution is 2.31. The minimum Gasteiger partial charge on any atom is -0.389 e. The van der Waals surface area contributed by atoms with Crippen LogP contribution in [0.1, 0.15) is 19.4 Å². The number of nitriles is 1. The summed E-state index contributed by atoms with van der Waals surface area (Å²) in [5.41, 5.74) is -0.903. The van der Waals surface area contributed by atoms with Crippen LogP contribution in [0.5, 0.6) is 0 Å². The number of fused-ring (bicyclic) bond motifs is 1. The molecule has 3 aromatic rings. The number of rotatable bonds is 5. The van der Waals surface area contributed by atoms with Gasteiger partial charge in [0, 0.05) is 6.20 Å². The summed E-state index contributed by atoms with van der Waals surface area (Å²) >= 11 is 6.11. The quantitative estimate of drug-likeness (QED) is 0.595. The van der Waals surface area contributed by atoms with Crippen LogP contribution in [0.25, 0.3) is 10.9 Å². The summed E-state index contributed by atoms with van der Waals surface area (Å²) in [6.45, 7) is 3.06. The topological polar surface area (TPSA) is 124 Å². The van der Waals surface area contributed by atoms with Crippen molar-refractivity contribution >= 4 is 38.2 Å². The number of halogens is 2. The number of sulfonamides is 1. The van der Waals surface area contributed by atoms with Crippen molar-refractivity contribution in [3.63, 3.8) is 0 Å². The van der Waals surface area contributed by atoms with E-state index in [0.29, 0.717) is 0 Å². The molecule has 0 unspecified atom stereocenters. The van der Waals surface area contributed by atoms with Crippen molar-refractivity contribution in [1.29, 1.82) is 5.26 Å². The lowest BCUT2D eigenvalue weighted by molar-refractivity contribution is 0.0577. The van der Waals surface area contributed by atoms with Gasteiger partial charge in [-0.3, -0.25) is 4.72 Å². The second kappa shape index (κ2) is 6.53. The average molecular weight is 412 g/mol. The standard InChI is InChI=1S/C16H15ClFN5O3S/c1-16(2,24)8-23-15(17)12(7-21-23)27(25,26)22-11-4-3-10(18)13-9(5-19)6-20-14(11)13/h3-4,6-7,20,22,24H,8H2,1-2H3. The van der Waals surface area contributed by atoms with Crippen LogP contribution < -0.4 is 4.72 Å². The molecule has 0 aliphatic rings. The lowest BCUT2D eigenvalue weighted by Gasteiger charge is -2.17. The number of aliphatic hydroxyl groups is 1. The van der Waals surface area contributed by atoms with Crippen LogP contribution in [-0.2, 0) is 16.6 Å². The molecule has 0 saturated carbocycles. The third kappa shape index (κ3) is 3.62. The van der Waals surface area contributed by atoms with Gasteiger partial charge < -0.3 is 10.1 Å². The van der Waals surface area contributed by atoms with Gasteiger partial charge >= 0.3 is 0 Å². The number of aromatic nitrogens is 3. The van der Waals surface area contributed by atoms with E-state index in [1.807, 2.05) is 6.07 Å². The summed E-state index contributed by atoms with van der Waals surface area (Å²) in [4.78, 5) is 2.40. The highest BCUT2D eigenvalue weighted by Gasteiger charge is 2.26. The zero-order chi connectivity index (χ0) is 20.0. The van der Waals surface area contributed by atoms with Crippen LogP contribution >= 0.6 is 11.6 Å². The molecule has 3 N–H and O–H groups in total. The van der Waals surface area contributed by atoms with Gasteiger partial charge in [0.15, 0.2) is 0 Å². The molecular weight excluding hydrogens is 397 g/mol. The zero-order valence-electron chi connectivity index (χ0n) is 14.3. The summed E-state index contributed by atoms with van der Waals surface area (Å²) in [5.74, 6) is -0.651. The molecule has 0 amide bonds. The third-order valence-corrected chi connectivity index (χ3v) is 5.60. The summed E-state index contributed by atoms with van der Waals surface area (Å²) in [7, 11) is -4.15. The van der Waals surface area contributed by atoms with E-state index in [9.17, 15) is 17.9 Å². The molecule has 11 heteroatoms. The van der Waals surface area contributed by atoms with Gasteiger partial charge in [0.25, 0.3) is 10.0 Å². The number of benzene rings is 1. The Kier molecular flexibility index (Phi) is 4.63. The number of hydrogen-bond donors (Lipinski definition) is 3. The number of hydrogen-bond acceptors (Lipinski definition) is 5. The first-order chi connectivity index (χ1) is 12.5. The molecular formula is C16H15ClFN5O3S. The minimum atomic E-state index is -4.15. The van der Waals surface area contributed by atoms with E-state index in [2.05, 4.69) is 14.8 Å². The zero-order valence-corrected chi connectivity index (χ0v) is 15.9. The molecule has 0 fully saturated rings. The van der Waals surface area contributed by atoms with Gasteiger partial charge in [-0.25, -0.2) is 17.5 Å². The summed E-state index contributed by atoms with van der Waals surface area (Å²) < 4.78 is 43.0. The van der Waals surface area contributed by atoms with Crippen molar-refractivity contribution in [3.05, 3.63) is 41.1 Å². The lowest BCUT2D eigenvalue weighted by atomic mass is 10.1. The van der Waals surface area contributed by atoms with Crippen LogP contribution in [0.15, 0.2) is 29.4 Å². The molecule has 0 saturated heterocycles. The Morgan fingerprint density at radius 2 is 2.19 bits per heavy atom. The van der Waals surface area contributed by atoms with E-state index < -0.39 is 21.4 Å². The van der Waals surface area contributed by atoms with Crippen LogP contribution in [0, 0.1) is 17.1 Å². The van der Waals surface area contributed by atoms with Gasteiger partial charge in [-0.2, -0.15) is 10.4 Å². The van der Waals surface area contributed by atoms with Crippen molar-refractivity contribution in [2.45, 2.75) is 30.9 Å². The molecule has 0 aliphatic heterocycles. The number of nitrogens with zero attached hydrogens (tertiary/aromatic N) is 3. The lowest BCUT2D eigenvalue weighted by Crippen LogP contribution is -2.26. The fraction of sp³-hybridized carbons (Fsp3) is 0.250. The normalized spacial score (nSPS) is 12.3. The Bertz CT molecular complexity index is 1170. The smallest absolute Gasteiger partial charge is 0.266 e. The molecule has 0 atom stereocenters. The first-order valence-corrected chi connectivity index (χ1v) is 9.56. The highest BCUT2D eigenvalue weighted by molar-refractivity contribution is 7.92. The molecule has 0 aliphatic carbocycles. The average Bonchev–Trinajstić information content (AvgIpc) is 3.14. The fourth-order valence-corrected chi connectivity index (χ4v) is 4.13. The molecule has 0 spiro atoms. The van der Waals surface area contributed by atoms with Crippen LogP contribution in [0.2, 0.25) is 5.15 Å². The van der Waals surface area contributed by atoms with Gasteiger partial charge in [-0.05, 0) is 26.0 Å². The van der Waals surface area contributed by atoms with Gasteiger partial charge in [0.2, 0.25) is 0 Å². The highest BCUT2D eigenvalue weighted by atomic mass is 35.5. The van der Waals surface area contributed by atoms with E-state index in [1.54, 1.807) is 0 Å². The Balaban J connectivity index is 2.02. The molecule has 0 bridgehead atoms. The predicted octanol–water partition coefficient (Wildman–Crippen LogP) is 2.60. The Hall–Kier alpha value is -2.61. The van der Waals surface area contributed by atoms with Gasteiger partial charge in [-0.15, -0.1) is 0 Å². The van der Waals surface area contributed by atoms with E-state index in [-0.39, 0.29) is 38.7 Å². The van der Waals surface area contributed by atoms with Gasteiger partial charge in [-0.1, -0.05) is 11.6 Å². The summed E-state index contributed by atoms with van der Waals surface area (Å²) in [5, 5.41) is 22.6. The summed E-state index contributed by atoms with van der Waals surface area (Å²) in [6, 6.07) is 4.14. The van der Waals surface area contributed by atoms with Gasteiger partial charge in [0.05, 0.1) is 40.5 Å². The van der Waals surface area contributed by atoms with E-state index >= 15 is 0 Å². The maximum absolute atomic E-state index is 14.0. The molecule has 142 valence electrons. The van der Waals surface area contributed by atoms with Crippen LogP contribution in [0.3, 0.4) is 0 Å². The Labute approximate surface area is 159 Å². The molecule has 1 aromatic carbocycles. The molecule has 0 radical (unpaired) electrons. The van der Waals surface area contributed by atoms with E-state index in [4.69, 9.17) is 16.9 Å². The fourth-order valence-electron chi connectivity index (χ4n) is 2.59. The largest absolute Gasteiger partial charge is 0.389 e. The van der Waals surface area contributed by atoms with Crippen molar-refractivity contribution in [2.75, 3.05) is 4.72 Å². The monoisotopic (exact) mass is 411 g/mol. The first kappa shape index (κ1) is 19.2. The van der Waals surface area contributed by atoms with Crippen molar-refractivity contribution < 1.29 is 17.9 Å². The molecule has 8 nitrogen and oxygen atoms in total. The second-order valence-corrected chi connectivity index (χ2v) is 8.54. The molecule has 27 heavy (non-hydrogen) atoms. The number of H-pyrrole nitrogens is 1. The molecule has 2 aromatic heterocycles. The van der Waals surface area contributed by atoms with Crippen LogP contribution in [-0.4, -0.2) is 33.9 Å². The van der Waals surface area contributed by atoms with Crippen molar-refractivity contribution in [2.24, 2.45) is 0 Å². The SMILES string of the molecule is CC(C)(O)Cn1ncc(S(=O)(=O)Nc2ccc(F)c3c(C#N)c[nH]c23)c1Cl. The Morgan fingerprint density at radius 3 is 2.81 bits per heavy atom. The van der Waals surface area contributed by atoms with Crippen molar-refractivity contribution in [1.82, 2.24) is 14.8 Å². The minimum absolute atomic E-state index is 0.00962. The van der Waals surface area contributed by atoms with Crippen molar-refractivity contribution in [3.8, 4) is 6.07 Å². The summed E-state index contributed by atoms with van der Waals surface area (Å²) in [6.07, 6.45) is 2.35. The second-order valence-electron chi connectivity index (χ2n) is 6.53. The van der Waals surface area contributed by atoms with Gasteiger partial charge in [0.1, 0.15) is 21.9 Å². The molecule has 3 rings (SSSR count). The predicted molar refractivity (Wildman–Crippen MR) is 97.3 cm³/mol. The number of anilines is 1. The maximum Gasteiger partial charge on any atom is 0.266 e. The molecule has 2 heterocycles.